The summed E-state index contributed by atoms with van der Waals surface area (Å²) in [7, 11) is 0. The summed E-state index contributed by atoms with van der Waals surface area (Å²) in [6.45, 7) is 6.78. The number of halogens is 1. The maximum Gasteiger partial charge on any atom is 0.0257 e. The molecule has 0 aromatic carbocycles. The molecule has 0 aromatic rings. The van der Waals surface area contributed by atoms with Crippen LogP contribution in [0.1, 0.15) is 33.6 Å². The quantitative estimate of drug-likeness (QED) is 0.450. The first-order valence-electron chi connectivity index (χ1n) is 4.80. The van der Waals surface area contributed by atoms with Crippen LogP contribution < -0.4 is 0 Å². The van der Waals surface area contributed by atoms with Crippen molar-refractivity contribution in [1.29, 1.82) is 0 Å². The molecule has 0 rings (SSSR count). The van der Waals surface area contributed by atoms with Crippen molar-refractivity contribution in [2.45, 2.75) is 33.6 Å². The van der Waals surface area contributed by atoms with E-state index in [4.69, 9.17) is 11.6 Å². The molecule has 0 aliphatic carbocycles. The lowest BCUT2D eigenvalue weighted by atomic mass is 10.1. The van der Waals surface area contributed by atoms with Gasteiger partial charge in [0.25, 0.3) is 0 Å². The zero-order chi connectivity index (χ0) is 9.40. The maximum absolute atomic E-state index is 5.70. The molecule has 1 unspecified atom stereocenters. The maximum atomic E-state index is 5.70. The van der Waals surface area contributed by atoms with Crippen molar-refractivity contribution in [2.24, 2.45) is 11.8 Å². The summed E-state index contributed by atoms with van der Waals surface area (Å²) in [5.74, 6) is 4.87. The van der Waals surface area contributed by atoms with Crippen LogP contribution in [-0.2, 0) is 0 Å². The smallest absolute Gasteiger partial charge is 0.0257 e. The van der Waals surface area contributed by atoms with Gasteiger partial charge < -0.3 is 0 Å². The third kappa shape index (κ3) is 8.73. The van der Waals surface area contributed by atoms with Crippen LogP contribution in [0.25, 0.3) is 0 Å². The lowest BCUT2D eigenvalue weighted by Crippen LogP contribution is -2.00. The second-order valence-corrected chi connectivity index (χ2v) is 5.33. The van der Waals surface area contributed by atoms with Crippen LogP contribution in [0.4, 0.5) is 0 Å². The van der Waals surface area contributed by atoms with Gasteiger partial charge in [-0.2, -0.15) is 11.8 Å². The van der Waals surface area contributed by atoms with E-state index in [9.17, 15) is 0 Å². The predicted molar refractivity (Wildman–Crippen MR) is 61.3 cm³/mol. The van der Waals surface area contributed by atoms with Crippen LogP contribution in [0, 0.1) is 11.8 Å². The fraction of sp³-hybridized carbons (Fsp3) is 1.00. The molecule has 0 saturated carbocycles. The second kappa shape index (κ2) is 8.25. The Morgan fingerprint density at radius 3 is 2.42 bits per heavy atom. The number of hydrogen-bond acceptors (Lipinski definition) is 1. The molecule has 0 nitrogen and oxygen atoms in total. The van der Waals surface area contributed by atoms with Gasteiger partial charge in [-0.15, -0.1) is 11.6 Å². The number of alkyl halides is 1. The van der Waals surface area contributed by atoms with Gasteiger partial charge in [0.1, 0.15) is 0 Å². The first-order valence-corrected chi connectivity index (χ1v) is 6.49. The zero-order valence-electron chi connectivity index (χ0n) is 8.48. The highest BCUT2D eigenvalue weighted by Crippen LogP contribution is 2.13. The molecule has 0 N–H and O–H groups in total. The minimum Gasteiger partial charge on any atom is -0.162 e. The van der Waals surface area contributed by atoms with E-state index in [0.717, 1.165) is 11.8 Å². The Kier molecular flexibility index (Phi) is 8.69. The van der Waals surface area contributed by atoms with Crippen LogP contribution in [0.5, 0.6) is 0 Å². The molecule has 0 radical (unpaired) electrons. The van der Waals surface area contributed by atoms with Gasteiger partial charge in [-0.25, -0.2) is 0 Å². The third-order valence-corrected chi connectivity index (χ3v) is 3.64. The fourth-order valence-electron chi connectivity index (χ4n) is 0.923. The summed E-state index contributed by atoms with van der Waals surface area (Å²) in [6.07, 6.45) is 2.72. The first kappa shape index (κ1) is 12.6. The van der Waals surface area contributed by atoms with Crippen molar-refractivity contribution in [3.8, 4) is 0 Å². The molecule has 74 valence electrons. The Balaban J connectivity index is 3.00. The molecule has 12 heavy (non-hydrogen) atoms. The van der Waals surface area contributed by atoms with E-state index in [1.807, 2.05) is 11.8 Å². The standard InChI is InChI=1S/C10H21ClS/c1-9(2)5-4-6-12-8-10(3)7-11/h9-10H,4-8H2,1-3H3. The number of rotatable bonds is 7. The highest BCUT2D eigenvalue weighted by molar-refractivity contribution is 7.99. The minimum atomic E-state index is 0.677. The van der Waals surface area contributed by atoms with Crippen LogP contribution in [0.3, 0.4) is 0 Å². The molecule has 1 atom stereocenters. The van der Waals surface area contributed by atoms with Gasteiger partial charge in [-0.05, 0) is 29.8 Å². The van der Waals surface area contributed by atoms with E-state index in [2.05, 4.69) is 20.8 Å². The molecule has 0 heterocycles. The highest BCUT2D eigenvalue weighted by atomic mass is 35.5. The Bertz CT molecular complexity index is 93.8. The van der Waals surface area contributed by atoms with E-state index in [-0.39, 0.29) is 0 Å². The largest absolute Gasteiger partial charge is 0.162 e. The Morgan fingerprint density at radius 2 is 1.92 bits per heavy atom. The molecular weight excluding hydrogens is 188 g/mol. The predicted octanol–water partition coefficient (Wildman–Crippen LogP) is 4.03. The molecule has 0 bridgehead atoms. The van der Waals surface area contributed by atoms with Gasteiger partial charge in [0, 0.05) is 5.88 Å². The van der Waals surface area contributed by atoms with Gasteiger partial charge in [-0.1, -0.05) is 27.2 Å². The van der Waals surface area contributed by atoms with Gasteiger partial charge in [0.15, 0.2) is 0 Å². The molecule has 0 amide bonds. The summed E-state index contributed by atoms with van der Waals surface area (Å²) >= 11 is 7.75. The highest BCUT2D eigenvalue weighted by Gasteiger charge is 1.99. The van der Waals surface area contributed by atoms with Crippen molar-refractivity contribution >= 4 is 23.4 Å². The molecule has 0 aromatic heterocycles. The van der Waals surface area contributed by atoms with Crippen molar-refractivity contribution in [3.63, 3.8) is 0 Å². The van der Waals surface area contributed by atoms with E-state index >= 15 is 0 Å². The van der Waals surface area contributed by atoms with Crippen molar-refractivity contribution in [3.05, 3.63) is 0 Å². The summed E-state index contributed by atoms with van der Waals surface area (Å²) in [5, 5.41) is 0. The molecule has 0 spiro atoms. The van der Waals surface area contributed by atoms with Gasteiger partial charge in [-0.3, -0.25) is 0 Å². The average Bonchev–Trinajstić information content (AvgIpc) is 2.03. The zero-order valence-corrected chi connectivity index (χ0v) is 10.0. The molecule has 0 fully saturated rings. The average molecular weight is 209 g/mol. The van der Waals surface area contributed by atoms with Crippen molar-refractivity contribution in [1.82, 2.24) is 0 Å². The summed E-state index contributed by atoms with van der Waals surface area (Å²) in [6, 6.07) is 0. The second-order valence-electron chi connectivity index (χ2n) is 3.87. The van der Waals surface area contributed by atoms with Gasteiger partial charge in [0.05, 0.1) is 0 Å². The van der Waals surface area contributed by atoms with Crippen LogP contribution in [0.2, 0.25) is 0 Å². The third-order valence-electron chi connectivity index (χ3n) is 1.74. The Labute approximate surface area is 86.5 Å². The molecule has 0 aliphatic rings. The van der Waals surface area contributed by atoms with Gasteiger partial charge in [0.2, 0.25) is 0 Å². The summed E-state index contributed by atoms with van der Waals surface area (Å²) in [5.41, 5.74) is 0. The normalized spacial score (nSPS) is 13.8. The molecule has 2 heteroatoms. The monoisotopic (exact) mass is 208 g/mol. The van der Waals surface area contributed by atoms with Crippen LogP contribution >= 0.6 is 23.4 Å². The first-order chi connectivity index (χ1) is 5.66. The summed E-state index contributed by atoms with van der Waals surface area (Å²) < 4.78 is 0. The topological polar surface area (TPSA) is 0 Å². The lowest BCUT2D eigenvalue weighted by molar-refractivity contribution is 0.579. The van der Waals surface area contributed by atoms with Crippen LogP contribution in [0.15, 0.2) is 0 Å². The summed E-state index contributed by atoms with van der Waals surface area (Å²) in [4.78, 5) is 0. The number of thioether (sulfide) groups is 1. The van der Waals surface area contributed by atoms with E-state index < -0.39 is 0 Å². The minimum absolute atomic E-state index is 0.677. The van der Waals surface area contributed by atoms with Crippen LogP contribution in [-0.4, -0.2) is 17.4 Å². The Hall–Kier alpha value is 0.640. The lowest BCUT2D eigenvalue weighted by Gasteiger charge is -2.07. The van der Waals surface area contributed by atoms with Crippen molar-refractivity contribution < 1.29 is 0 Å². The van der Waals surface area contributed by atoms with Crippen molar-refractivity contribution in [2.75, 3.05) is 17.4 Å². The van der Waals surface area contributed by atoms with E-state index in [0.29, 0.717) is 5.92 Å². The number of hydrogen-bond donors (Lipinski definition) is 0. The van der Waals surface area contributed by atoms with E-state index in [1.165, 1.54) is 24.3 Å². The van der Waals surface area contributed by atoms with E-state index in [1.54, 1.807) is 0 Å². The van der Waals surface area contributed by atoms with Gasteiger partial charge >= 0.3 is 0 Å². The molecule has 0 aliphatic heterocycles. The molecular formula is C10H21ClS. The Morgan fingerprint density at radius 1 is 1.25 bits per heavy atom. The SMILES string of the molecule is CC(C)CCCSCC(C)CCl. The molecule has 0 saturated heterocycles. The fourth-order valence-corrected chi connectivity index (χ4v) is 2.22.